The van der Waals surface area contributed by atoms with Crippen molar-refractivity contribution in [2.24, 2.45) is 7.05 Å². The number of benzene rings is 1. The van der Waals surface area contributed by atoms with Gasteiger partial charge in [0.2, 0.25) is 0 Å². The lowest BCUT2D eigenvalue weighted by atomic mass is 9.94. The Hall–Kier alpha value is -1.81. The van der Waals surface area contributed by atoms with Crippen LogP contribution in [0.5, 0.6) is 0 Å². The third-order valence-corrected chi connectivity index (χ3v) is 4.50. The van der Waals surface area contributed by atoms with Gasteiger partial charge in [-0.25, -0.2) is 0 Å². The van der Waals surface area contributed by atoms with Gasteiger partial charge in [-0.3, -0.25) is 9.48 Å². The number of carbonyl (C=O) groups is 1. The topological polar surface area (TPSA) is 46.9 Å². The molecule has 1 atom stereocenters. The molecule has 2 aromatic rings. The minimum absolute atomic E-state index is 0.0998. The number of Topliss-reactive ketones (excluding diaryl/α,β-unsaturated/α-hetero) is 1. The number of nitrogens with one attached hydrogen (secondary N) is 1. The number of halogens is 1. The second-order valence-electron chi connectivity index (χ2n) is 5.35. The largest absolute Gasteiger partial charge is 0.384 e. The third-order valence-electron chi connectivity index (χ3n) is 4.07. The molecule has 2 heterocycles. The molecule has 1 aromatic carbocycles. The van der Waals surface area contributed by atoms with Crippen molar-refractivity contribution in [2.45, 2.75) is 25.7 Å². The van der Waals surface area contributed by atoms with Gasteiger partial charge in [0.15, 0.2) is 0 Å². The normalized spacial score (nSPS) is 16.6. The maximum Gasteiger partial charge on any atom is 0.148 e. The first-order chi connectivity index (χ1) is 10.1. The number of hydrogen-bond donors (Lipinski definition) is 1. The van der Waals surface area contributed by atoms with E-state index >= 15 is 0 Å². The molecular weight excluding hydrogens is 286 g/mol. The van der Waals surface area contributed by atoms with Gasteiger partial charge in [0.1, 0.15) is 5.78 Å². The van der Waals surface area contributed by atoms with Crippen molar-refractivity contribution in [1.29, 1.82) is 0 Å². The van der Waals surface area contributed by atoms with Crippen LogP contribution in [-0.2, 0) is 24.7 Å². The van der Waals surface area contributed by atoms with Crippen LogP contribution in [0.2, 0.25) is 5.02 Å². The second kappa shape index (κ2) is 5.53. The maximum absolute atomic E-state index is 12.6. The number of nitrogens with zero attached hydrogens (tertiary/aromatic N) is 2. The Morgan fingerprint density at radius 1 is 1.48 bits per heavy atom. The quantitative estimate of drug-likeness (QED) is 0.944. The van der Waals surface area contributed by atoms with Gasteiger partial charge in [-0.05, 0) is 18.1 Å². The fourth-order valence-corrected chi connectivity index (χ4v) is 3.23. The van der Waals surface area contributed by atoms with Gasteiger partial charge in [0, 0.05) is 19.3 Å². The number of carbonyl (C=O) groups excluding carboxylic acids is 1. The molecule has 110 valence electrons. The lowest BCUT2D eigenvalue weighted by molar-refractivity contribution is -0.119. The SMILES string of the molecule is CCc1nn(C)c(CC(=O)C2CNc3ccccc32)c1Cl. The smallest absolute Gasteiger partial charge is 0.148 e. The zero-order valence-corrected chi connectivity index (χ0v) is 12.9. The van der Waals surface area contributed by atoms with Crippen molar-refractivity contribution in [3.8, 4) is 0 Å². The van der Waals surface area contributed by atoms with Crippen LogP contribution in [0.3, 0.4) is 0 Å². The number of aryl methyl sites for hydroxylation is 2. The fraction of sp³-hybridized carbons (Fsp3) is 0.375. The Labute approximate surface area is 129 Å². The molecule has 0 spiro atoms. The number of rotatable bonds is 4. The molecule has 5 heteroatoms. The predicted molar refractivity (Wildman–Crippen MR) is 84.0 cm³/mol. The summed E-state index contributed by atoms with van der Waals surface area (Å²) >= 11 is 6.33. The average molecular weight is 304 g/mol. The minimum atomic E-state index is -0.0998. The molecule has 0 radical (unpaired) electrons. The molecule has 3 rings (SSSR count). The van der Waals surface area contributed by atoms with E-state index in [0.717, 1.165) is 29.1 Å². The summed E-state index contributed by atoms with van der Waals surface area (Å²) in [5.41, 5.74) is 3.80. The highest BCUT2D eigenvalue weighted by atomic mass is 35.5. The van der Waals surface area contributed by atoms with Crippen LogP contribution in [0.4, 0.5) is 5.69 Å². The summed E-state index contributed by atoms with van der Waals surface area (Å²) in [7, 11) is 1.84. The molecule has 0 fully saturated rings. The molecule has 0 aliphatic carbocycles. The number of ketones is 1. The second-order valence-corrected chi connectivity index (χ2v) is 5.73. The Morgan fingerprint density at radius 3 is 2.95 bits per heavy atom. The summed E-state index contributed by atoms with van der Waals surface area (Å²) in [5.74, 6) is 0.0808. The molecule has 0 saturated heterocycles. The lowest BCUT2D eigenvalue weighted by Crippen LogP contribution is -2.18. The first kappa shape index (κ1) is 14.1. The zero-order valence-electron chi connectivity index (χ0n) is 12.2. The molecule has 21 heavy (non-hydrogen) atoms. The van der Waals surface area contributed by atoms with Crippen molar-refractivity contribution in [2.75, 3.05) is 11.9 Å². The highest BCUT2D eigenvalue weighted by Gasteiger charge is 2.29. The first-order valence-electron chi connectivity index (χ1n) is 7.17. The van der Waals surface area contributed by atoms with Crippen LogP contribution < -0.4 is 5.32 Å². The van der Waals surface area contributed by atoms with E-state index < -0.39 is 0 Å². The van der Waals surface area contributed by atoms with E-state index in [2.05, 4.69) is 10.4 Å². The number of aromatic nitrogens is 2. The predicted octanol–water partition coefficient (Wildman–Crippen LogP) is 2.96. The highest BCUT2D eigenvalue weighted by Crippen LogP contribution is 2.33. The molecule has 1 aromatic heterocycles. The lowest BCUT2D eigenvalue weighted by Gasteiger charge is -2.09. The van der Waals surface area contributed by atoms with E-state index in [0.29, 0.717) is 18.0 Å². The third kappa shape index (κ3) is 2.44. The van der Waals surface area contributed by atoms with Gasteiger partial charge < -0.3 is 5.32 Å². The Balaban J connectivity index is 1.84. The summed E-state index contributed by atoms with van der Waals surface area (Å²) < 4.78 is 1.73. The van der Waals surface area contributed by atoms with Gasteiger partial charge in [0.05, 0.1) is 28.7 Å². The van der Waals surface area contributed by atoms with Crippen molar-refractivity contribution in [1.82, 2.24) is 9.78 Å². The van der Waals surface area contributed by atoms with Gasteiger partial charge >= 0.3 is 0 Å². The highest BCUT2D eigenvalue weighted by molar-refractivity contribution is 6.32. The van der Waals surface area contributed by atoms with Gasteiger partial charge in [-0.1, -0.05) is 36.7 Å². The molecule has 0 amide bonds. The minimum Gasteiger partial charge on any atom is -0.384 e. The molecule has 1 unspecified atom stereocenters. The summed E-state index contributed by atoms with van der Waals surface area (Å²) in [6, 6.07) is 7.97. The van der Waals surface area contributed by atoms with E-state index in [-0.39, 0.29) is 11.7 Å². The van der Waals surface area contributed by atoms with Crippen molar-refractivity contribution < 1.29 is 4.79 Å². The Kier molecular flexibility index (Phi) is 3.72. The van der Waals surface area contributed by atoms with Crippen LogP contribution in [0.25, 0.3) is 0 Å². The zero-order chi connectivity index (χ0) is 15.0. The van der Waals surface area contributed by atoms with Crippen LogP contribution >= 0.6 is 11.6 Å². The number of fused-ring (bicyclic) bond motifs is 1. The van der Waals surface area contributed by atoms with E-state index in [1.807, 2.05) is 38.2 Å². The van der Waals surface area contributed by atoms with Crippen molar-refractivity contribution in [3.63, 3.8) is 0 Å². The average Bonchev–Trinajstić information content (AvgIpc) is 3.03. The number of hydrogen-bond acceptors (Lipinski definition) is 3. The van der Waals surface area contributed by atoms with Gasteiger partial charge in [-0.15, -0.1) is 0 Å². The summed E-state index contributed by atoms with van der Waals surface area (Å²) in [5, 5.41) is 8.29. The van der Waals surface area contributed by atoms with E-state index in [1.54, 1.807) is 4.68 Å². The standard InChI is InChI=1S/C16H18ClN3O/c1-3-12-16(17)14(20(2)19-12)8-15(21)11-9-18-13-7-5-4-6-10(11)13/h4-7,11,18H,3,8-9H2,1-2H3. The summed E-state index contributed by atoms with van der Waals surface area (Å²) in [4.78, 5) is 12.6. The van der Waals surface area contributed by atoms with Crippen molar-refractivity contribution in [3.05, 3.63) is 46.2 Å². The number of anilines is 1. The molecule has 4 nitrogen and oxygen atoms in total. The summed E-state index contributed by atoms with van der Waals surface area (Å²) in [6.45, 7) is 2.67. The maximum atomic E-state index is 12.6. The molecule has 0 saturated carbocycles. The molecule has 1 aliphatic rings. The molecule has 1 aliphatic heterocycles. The monoisotopic (exact) mass is 303 g/mol. The van der Waals surface area contributed by atoms with Crippen molar-refractivity contribution >= 4 is 23.1 Å². The number of para-hydroxylation sites is 1. The summed E-state index contributed by atoms with van der Waals surface area (Å²) in [6.07, 6.45) is 1.09. The van der Waals surface area contributed by atoms with Crippen LogP contribution in [-0.4, -0.2) is 22.1 Å². The molecule has 1 N–H and O–H groups in total. The van der Waals surface area contributed by atoms with Crippen LogP contribution in [0.1, 0.15) is 29.8 Å². The van der Waals surface area contributed by atoms with E-state index in [4.69, 9.17) is 11.6 Å². The van der Waals surface area contributed by atoms with E-state index in [1.165, 1.54) is 0 Å². The first-order valence-corrected chi connectivity index (χ1v) is 7.55. The van der Waals surface area contributed by atoms with Gasteiger partial charge in [-0.2, -0.15) is 5.10 Å². The molecular formula is C16H18ClN3O. The Morgan fingerprint density at radius 2 is 2.24 bits per heavy atom. The van der Waals surface area contributed by atoms with E-state index in [9.17, 15) is 4.79 Å². The van der Waals surface area contributed by atoms with Crippen LogP contribution in [0, 0.1) is 0 Å². The fourth-order valence-electron chi connectivity index (χ4n) is 2.87. The molecule has 0 bridgehead atoms. The van der Waals surface area contributed by atoms with Gasteiger partial charge in [0.25, 0.3) is 0 Å². The van der Waals surface area contributed by atoms with Crippen LogP contribution in [0.15, 0.2) is 24.3 Å². The Bertz CT molecular complexity index is 693.